The minimum absolute atomic E-state index is 0.0559. The van der Waals surface area contributed by atoms with Crippen LogP contribution in [0.2, 0.25) is 0 Å². The second-order valence-corrected chi connectivity index (χ2v) is 7.10. The third-order valence-corrected chi connectivity index (χ3v) is 4.81. The first kappa shape index (κ1) is 22.2. The van der Waals surface area contributed by atoms with Crippen LogP contribution in [0.25, 0.3) is 0 Å². The normalized spacial score (nSPS) is 10.8. The van der Waals surface area contributed by atoms with Gasteiger partial charge in [0.15, 0.2) is 5.78 Å². The van der Waals surface area contributed by atoms with Crippen molar-refractivity contribution in [3.05, 3.63) is 29.3 Å². The fourth-order valence-corrected chi connectivity index (χ4v) is 3.15. The lowest BCUT2D eigenvalue weighted by molar-refractivity contribution is 0.0693. The molecule has 1 aromatic rings. The summed E-state index contributed by atoms with van der Waals surface area (Å²) in [5.41, 5.74) is 0.147. The molecular formula is C22H34O4. The maximum absolute atomic E-state index is 12.1. The number of aromatic hydroxyl groups is 1. The third kappa shape index (κ3) is 9.02. The van der Waals surface area contributed by atoms with Gasteiger partial charge in [-0.05, 0) is 24.6 Å². The van der Waals surface area contributed by atoms with Crippen LogP contribution in [0.3, 0.4) is 0 Å². The van der Waals surface area contributed by atoms with E-state index < -0.39 is 5.97 Å². The van der Waals surface area contributed by atoms with Crippen LogP contribution in [0, 0.1) is 0 Å². The standard InChI is InChI=1S/C22H34O4/c1-2-3-4-5-6-7-8-9-10-11-12-13-14-20(23)18-15-16-21(24)19(17-18)22(25)26/h15-17,24H,2-14H2,1H3,(H,25,26). The van der Waals surface area contributed by atoms with Gasteiger partial charge in [0.1, 0.15) is 11.3 Å². The smallest absolute Gasteiger partial charge is 0.339 e. The predicted molar refractivity (Wildman–Crippen MR) is 105 cm³/mol. The summed E-state index contributed by atoms with van der Waals surface area (Å²) in [5, 5.41) is 18.5. The van der Waals surface area contributed by atoms with Gasteiger partial charge in [-0.3, -0.25) is 4.79 Å². The van der Waals surface area contributed by atoms with E-state index in [4.69, 9.17) is 5.11 Å². The summed E-state index contributed by atoms with van der Waals surface area (Å²) in [5.74, 6) is -1.58. The van der Waals surface area contributed by atoms with Crippen molar-refractivity contribution in [3.8, 4) is 5.75 Å². The van der Waals surface area contributed by atoms with E-state index in [2.05, 4.69) is 6.92 Å². The van der Waals surface area contributed by atoms with Crippen molar-refractivity contribution < 1.29 is 19.8 Å². The van der Waals surface area contributed by atoms with Crippen molar-refractivity contribution in [1.82, 2.24) is 0 Å². The number of carboxylic acid groups (broad SMARTS) is 1. The molecule has 4 nitrogen and oxygen atoms in total. The Bertz CT molecular complexity index is 551. The largest absolute Gasteiger partial charge is 0.507 e. The van der Waals surface area contributed by atoms with Gasteiger partial charge in [0.05, 0.1) is 0 Å². The van der Waals surface area contributed by atoms with Crippen LogP contribution in [-0.4, -0.2) is 22.0 Å². The van der Waals surface area contributed by atoms with Crippen molar-refractivity contribution >= 4 is 11.8 Å². The molecule has 26 heavy (non-hydrogen) atoms. The molecule has 0 spiro atoms. The van der Waals surface area contributed by atoms with Crippen molar-refractivity contribution in [1.29, 1.82) is 0 Å². The van der Waals surface area contributed by atoms with E-state index in [1.165, 1.54) is 76.0 Å². The summed E-state index contributed by atoms with van der Waals surface area (Å²) >= 11 is 0. The van der Waals surface area contributed by atoms with Crippen LogP contribution in [0.4, 0.5) is 0 Å². The summed E-state index contributed by atoms with van der Waals surface area (Å²) in [7, 11) is 0. The van der Waals surface area contributed by atoms with Crippen LogP contribution in [0.15, 0.2) is 18.2 Å². The van der Waals surface area contributed by atoms with Gasteiger partial charge in [0.25, 0.3) is 0 Å². The molecule has 0 heterocycles. The molecular weight excluding hydrogens is 328 g/mol. The number of carbonyl (C=O) groups excluding carboxylic acids is 1. The van der Waals surface area contributed by atoms with Crippen molar-refractivity contribution in [3.63, 3.8) is 0 Å². The minimum atomic E-state index is -1.22. The van der Waals surface area contributed by atoms with E-state index in [1.54, 1.807) is 0 Å². The Morgan fingerprint density at radius 3 is 1.81 bits per heavy atom. The van der Waals surface area contributed by atoms with Gasteiger partial charge in [0.2, 0.25) is 0 Å². The highest BCUT2D eigenvalue weighted by molar-refractivity contribution is 5.99. The fraction of sp³-hybridized carbons (Fsp3) is 0.636. The average Bonchev–Trinajstić information content (AvgIpc) is 2.62. The van der Waals surface area contributed by atoms with Gasteiger partial charge < -0.3 is 10.2 Å². The van der Waals surface area contributed by atoms with E-state index >= 15 is 0 Å². The first-order valence-electron chi connectivity index (χ1n) is 10.2. The zero-order chi connectivity index (χ0) is 19.2. The third-order valence-electron chi connectivity index (χ3n) is 4.81. The van der Waals surface area contributed by atoms with E-state index in [9.17, 15) is 14.7 Å². The summed E-state index contributed by atoms with van der Waals surface area (Å²) in [6, 6.07) is 4.03. The average molecular weight is 363 g/mol. The number of hydrogen-bond acceptors (Lipinski definition) is 3. The minimum Gasteiger partial charge on any atom is -0.507 e. The number of carboxylic acids is 1. The Kier molecular flexibility index (Phi) is 11.4. The first-order valence-corrected chi connectivity index (χ1v) is 10.2. The topological polar surface area (TPSA) is 74.6 Å². The number of unbranched alkanes of at least 4 members (excludes halogenated alkanes) is 11. The molecule has 0 aliphatic heterocycles. The maximum atomic E-state index is 12.1. The Balaban J connectivity index is 2.08. The second kappa shape index (κ2) is 13.4. The number of aromatic carboxylic acids is 1. The number of phenols is 1. The first-order chi connectivity index (χ1) is 12.6. The molecule has 0 unspecified atom stereocenters. The number of carbonyl (C=O) groups is 2. The molecule has 0 aliphatic rings. The van der Waals surface area contributed by atoms with E-state index in [-0.39, 0.29) is 17.1 Å². The molecule has 0 atom stereocenters. The Morgan fingerprint density at radius 1 is 0.808 bits per heavy atom. The summed E-state index contributed by atoms with van der Waals surface area (Å²) in [4.78, 5) is 23.1. The van der Waals surface area contributed by atoms with Gasteiger partial charge in [0, 0.05) is 12.0 Å². The highest BCUT2D eigenvalue weighted by atomic mass is 16.4. The quantitative estimate of drug-likeness (QED) is 0.281. The summed E-state index contributed by atoms with van der Waals surface area (Å²) < 4.78 is 0. The SMILES string of the molecule is CCCCCCCCCCCCCCC(=O)c1ccc(O)c(C(=O)O)c1. The molecule has 1 rings (SSSR count). The zero-order valence-corrected chi connectivity index (χ0v) is 16.1. The highest BCUT2D eigenvalue weighted by Crippen LogP contribution is 2.20. The van der Waals surface area contributed by atoms with Crippen molar-refractivity contribution in [2.24, 2.45) is 0 Å². The number of ketones is 1. The number of Topliss-reactive ketones (excluding diaryl/α,β-unsaturated/α-hetero) is 1. The van der Waals surface area contributed by atoms with Crippen LogP contribution in [-0.2, 0) is 0 Å². The van der Waals surface area contributed by atoms with Crippen molar-refractivity contribution in [2.75, 3.05) is 0 Å². The summed E-state index contributed by atoms with van der Waals surface area (Å²) in [6.45, 7) is 2.24. The Morgan fingerprint density at radius 2 is 1.31 bits per heavy atom. The van der Waals surface area contributed by atoms with Crippen LogP contribution >= 0.6 is 0 Å². The molecule has 4 heteroatoms. The van der Waals surface area contributed by atoms with Crippen LogP contribution in [0.5, 0.6) is 5.75 Å². The molecule has 0 aromatic heterocycles. The lowest BCUT2D eigenvalue weighted by atomic mass is 10.0. The van der Waals surface area contributed by atoms with E-state index in [0.29, 0.717) is 12.0 Å². The molecule has 0 amide bonds. The Hall–Kier alpha value is -1.84. The Labute approximate surface area is 157 Å². The zero-order valence-electron chi connectivity index (χ0n) is 16.1. The number of benzene rings is 1. The van der Waals surface area contributed by atoms with Gasteiger partial charge in [-0.1, -0.05) is 77.6 Å². The van der Waals surface area contributed by atoms with E-state index in [1.807, 2.05) is 0 Å². The molecule has 2 N–H and O–H groups in total. The van der Waals surface area contributed by atoms with Gasteiger partial charge in [-0.15, -0.1) is 0 Å². The maximum Gasteiger partial charge on any atom is 0.339 e. The lowest BCUT2D eigenvalue weighted by Gasteiger charge is -2.05. The van der Waals surface area contributed by atoms with E-state index in [0.717, 1.165) is 19.3 Å². The molecule has 0 aliphatic carbocycles. The van der Waals surface area contributed by atoms with Crippen LogP contribution in [0.1, 0.15) is 111 Å². The monoisotopic (exact) mass is 362 g/mol. The number of rotatable bonds is 15. The lowest BCUT2D eigenvalue weighted by Crippen LogP contribution is -2.03. The predicted octanol–water partition coefficient (Wildman–Crippen LogP) is 6.36. The molecule has 0 radical (unpaired) electrons. The second-order valence-electron chi connectivity index (χ2n) is 7.10. The highest BCUT2D eigenvalue weighted by Gasteiger charge is 2.13. The van der Waals surface area contributed by atoms with Crippen LogP contribution < -0.4 is 0 Å². The van der Waals surface area contributed by atoms with Gasteiger partial charge in [-0.2, -0.15) is 0 Å². The molecule has 1 aromatic carbocycles. The van der Waals surface area contributed by atoms with Gasteiger partial charge in [-0.25, -0.2) is 4.79 Å². The molecule has 146 valence electrons. The molecule has 0 bridgehead atoms. The summed E-state index contributed by atoms with van der Waals surface area (Å²) in [6.07, 6.45) is 15.4. The van der Waals surface area contributed by atoms with Gasteiger partial charge >= 0.3 is 5.97 Å². The van der Waals surface area contributed by atoms with Crippen molar-refractivity contribution in [2.45, 2.75) is 90.4 Å². The molecule has 0 saturated carbocycles. The fourth-order valence-electron chi connectivity index (χ4n) is 3.15. The molecule has 0 fully saturated rings. The molecule has 0 saturated heterocycles. The number of hydrogen-bond donors (Lipinski definition) is 2.